The summed E-state index contributed by atoms with van der Waals surface area (Å²) in [6, 6.07) is 7.32. The summed E-state index contributed by atoms with van der Waals surface area (Å²) in [5.74, 6) is 0.108. The van der Waals surface area contributed by atoms with E-state index in [-0.39, 0.29) is 35.6 Å². The summed E-state index contributed by atoms with van der Waals surface area (Å²) in [5.41, 5.74) is 1.39. The lowest BCUT2D eigenvalue weighted by Gasteiger charge is -2.27. The molecule has 1 saturated carbocycles. The zero-order chi connectivity index (χ0) is 17.3. The predicted molar refractivity (Wildman–Crippen MR) is 102 cm³/mol. The largest absolute Gasteiger partial charge is 0.378 e. The third kappa shape index (κ3) is 3.72. The van der Waals surface area contributed by atoms with Crippen molar-refractivity contribution in [3.8, 4) is 0 Å². The number of halogens is 1. The summed E-state index contributed by atoms with van der Waals surface area (Å²) in [6.07, 6.45) is 3.11. The van der Waals surface area contributed by atoms with Crippen molar-refractivity contribution in [2.45, 2.75) is 19.3 Å². The molecule has 0 aromatic heterocycles. The highest BCUT2D eigenvalue weighted by Gasteiger charge is 2.57. The van der Waals surface area contributed by atoms with Gasteiger partial charge in [-0.05, 0) is 49.9 Å². The second-order valence-electron chi connectivity index (χ2n) is 7.31. The van der Waals surface area contributed by atoms with Gasteiger partial charge in [0.2, 0.25) is 5.91 Å². The highest BCUT2D eigenvalue weighted by molar-refractivity contribution is 6.04. The van der Waals surface area contributed by atoms with Crippen LogP contribution in [0.3, 0.4) is 0 Å². The van der Waals surface area contributed by atoms with Crippen molar-refractivity contribution >= 4 is 29.9 Å². The maximum absolute atomic E-state index is 12.8. The van der Waals surface area contributed by atoms with Gasteiger partial charge in [-0.3, -0.25) is 9.59 Å². The van der Waals surface area contributed by atoms with E-state index in [1.165, 1.54) is 0 Å². The number of carbonyl (C=O) groups is 2. The molecular formula is C19H26ClN3O3. The molecule has 1 unspecified atom stereocenters. The quantitative estimate of drug-likeness (QED) is 0.841. The van der Waals surface area contributed by atoms with Crippen molar-refractivity contribution in [2.24, 2.45) is 11.3 Å². The Hall–Kier alpha value is -1.63. The Morgan fingerprint density at radius 1 is 1.15 bits per heavy atom. The summed E-state index contributed by atoms with van der Waals surface area (Å²) >= 11 is 0. The third-order valence-electron chi connectivity index (χ3n) is 5.82. The lowest BCUT2D eigenvalue weighted by atomic mass is 9.91. The second kappa shape index (κ2) is 7.94. The van der Waals surface area contributed by atoms with E-state index in [1.54, 1.807) is 11.0 Å². The molecule has 7 heteroatoms. The highest BCUT2D eigenvalue weighted by atomic mass is 35.5. The zero-order valence-corrected chi connectivity index (χ0v) is 15.6. The molecule has 3 fully saturated rings. The first-order valence-electron chi connectivity index (χ1n) is 9.17. The molecule has 142 valence electrons. The summed E-state index contributed by atoms with van der Waals surface area (Å²) in [7, 11) is 0. The summed E-state index contributed by atoms with van der Waals surface area (Å²) < 4.78 is 5.32. The molecule has 1 atom stereocenters. The predicted octanol–water partition coefficient (Wildman–Crippen LogP) is 1.91. The van der Waals surface area contributed by atoms with E-state index in [2.05, 4.69) is 10.6 Å². The Morgan fingerprint density at radius 3 is 2.58 bits per heavy atom. The molecule has 6 nitrogen and oxygen atoms in total. The maximum Gasteiger partial charge on any atom is 0.256 e. The van der Waals surface area contributed by atoms with Gasteiger partial charge < -0.3 is 20.3 Å². The minimum Gasteiger partial charge on any atom is -0.378 e. The van der Waals surface area contributed by atoms with Crippen LogP contribution < -0.4 is 10.6 Å². The number of morpholine rings is 1. The Morgan fingerprint density at radius 2 is 1.85 bits per heavy atom. The van der Waals surface area contributed by atoms with Gasteiger partial charge in [-0.2, -0.15) is 0 Å². The van der Waals surface area contributed by atoms with Gasteiger partial charge in [-0.25, -0.2) is 0 Å². The van der Waals surface area contributed by atoms with Gasteiger partial charge in [0.25, 0.3) is 5.91 Å². The molecule has 1 aliphatic carbocycles. The van der Waals surface area contributed by atoms with Gasteiger partial charge in [0.1, 0.15) is 0 Å². The molecule has 26 heavy (non-hydrogen) atoms. The Kier molecular flexibility index (Phi) is 5.85. The van der Waals surface area contributed by atoms with Crippen LogP contribution in [-0.2, 0) is 9.53 Å². The fourth-order valence-electron chi connectivity index (χ4n) is 4.13. The molecule has 1 spiro atoms. The van der Waals surface area contributed by atoms with Gasteiger partial charge in [0.15, 0.2) is 0 Å². The zero-order valence-electron chi connectivity index (χ0n) is 14.8. The number of anilines is 1. The number of nitrogens with one attached hydrogen (secondary N) is 2. The average molecular weight is 380 g/mol. The van der Waals surface area contributed by atoms with Crippen LogP contribution in [0, 0.1) is 11.3 Å². The fraction of sp³-hybridized carbons (Fsp3) is 0.579. The molecule has 1 aromatic carbocycles. The van der Waals surface area contributed by atoms with Crippen molar-refractivity contribution in [2.75, 3.05) is 44.7 Å². The van der Waals surface area contributed by atoms with E-state index >= 15 is 0 Å². The lowest BCUT2D eigenvalue weighted by molar-refractivity contribution is -0.118. The second-order valence-corrected chi connectivity index (χ2v) is 7.31. The topological polar surface area (TPSA) is 70.7 Å². The first-order chi connectivity index (χ1) is 12.2. The highest BCUT2D eigenvalue weighted by Crippen LogP contribution is 2.58. The average Bonchev–Trinajstić information content (AvgIpc) is 3.36. The van der Waals surface area contributed by atoms with E-state index in [9.17, 15) is 9.59 Å². The Balaban J connectivity index is 0.00000196. The summed E-state index contributed by atoms with van der Waals surface area (Å²) in [6.45, 7) is 4.32. The minimum atomic E-state index is -0.0356. The molecule has 3 aliphatic rings. The molecule has 2 heterocycles. The fourth-order valence-corrected chi connectivity index (χ4v) is 4.13. The molecule has 2 aliphatic heterocycles. The van der Waals surface area contributed by atoms with Gasteiger partial charge in [0.05, 0.1) is 24.5 Å². The first kappa shape index (κ1) is 19.1. The number of ether oxygens (including phenoxy) is 1. The number of para-hydroxylation sites is 1. The van der Waals surface area contributed by atoms with E-state index in [0.717, 1.165) is 32.4 Å². The molecule has 0 radical (unpaired) electrons. The van der Waals surface area contributed by atoms with Gasteiger partial charge in [0, 0.05) is 19.0 Å². The van der Waals surface area contributed by atoms with Crippen molar-refractivity contribution in [1.29, 1.82) is 0 Å². The van der Waals surface area contributed by atoms with Crippen LogP contribution in [-0.4, -0.2) is 56.1 Å². The number of hydrogen-bond donors (Lipinski definition) is 2. The lowest BCUT2D eigenvalue weighted by Crippen LogP contribution is -2.41. The summed E-state index contributed by atoms with van der Waals surface area (Å²) in [5, 5.41) is 6.38. The van der Waals surface area contributed by atoms with E-state index in [0.29, 0.717) is 37.6 Å². The van der Waals surface area contributed by atoms with Gasteiger partial charge in [-0.15, -0.1) is 12.4 Å². The third-order valence-corrected chi connectivity index (χ3v) is 5.82. The summed E-state index contributed by atoms with van der Waals surface area (Å²) in [4.78, 5) is 27.3. The number of amides is 2. The number of hydrogen-bond acceptors (Lipinski definition) is 4. The van der Waals surface area contributed by atoms with Crippen molar-refractivity contribution in [3.05, 3.63) is 29.8 Å². The molecule has 2 amide bonds. The molecule has 1 aromatic rings. The van der Waals surface area contributed by atoms with E-state index < -0.39 is 0 Å². The first-order valence-corrected chi connectivity index (χ1v) is 9.17. The molecule has 2 N–H and O–H groups in total. The van der Waals surface area contributed by atoms with Crippen LogP contribution in [0.2, 0.25) is 0 Å². The molecule has 2 saturated heterocycles. The smallest absolute Gasteiger partial charge is 0.256 e. The number of benzene rings is 1. The number of rotatable bonds is 3. The van der Waals surface area contributed by atoms with Crippen LogP contribution in [0.1, 0.15) is 29.6 Å². The van der Waals surface area contributed by atoms with Gasteiger partial charge >= 0.3 is 0 Å². The molecular weight excluding hydrogens is 354 g/mol. The Bertz CT molecular complexity index is 670. The van der Waals surface area contributed by atoms with Crippen molar-refractivity contribution in [3.63, 3.8) is 0 Å². The van der Waals surface area contributed by atoms with E-state index in [4.69, 9.17) is 4.74 Å². The monoisotopic (exact) mass is 379 g/mol. The van der Waals surface area contributed by atoms with Gasteiger partial charge in [-0.1, -0.05) is 12.1 Å². The van der Waals surface area contributed by atoms with Crippen LogP contribution in [0.5, 0.6) is 0 Å². The standard InChI is InChI=1S/C19H25N3O3.ClH/c23-17(15-13-19(15)5-7-20-8-6-19)21-16-4-2-1-3-14(16)18(24)22-9-11-25-12-10-22;/h1-4,15,20H,5-13H2,(H,21,23);1H. The number of carbonyl (C=O) groups excluding carboxylic acids is 2. The number of piperidine rings is 1. The van der Waals surface area contributed by atoms with Crippen LogP contribution in [0.4, 0.5) is 5.69 Å². The van der Waals surface area contributed by atoms with Crippen molar-refractivity contribution in [1.82, 2.24) is 10.2 Å². The Labute approximate surface area is 160 Å². The van der Waals surface area contributed by atoms with Crippen LogP contribution >= 0.6 is 12.4 Å². The van der Waals surface area contributed by atoms with Crippen LogP contribution in [0.15, 0.2) is 24.3 Å². The number of nitrogens with zero attached hydrogens (tertiary/aromatic N) is 1. The molecule has 0 bridgehead atoms. The van der Waals surface area contributed by atoms with Crippen molar-refractivity contribution < 1.29 is 14.3 Å². The van der Waals surface area contributed by atoms with Crippen LogP contribution in [0.25, 0.3) is 0 Å². The molecule has 4 rings (SSSR count). The maximum atomic E-state index is 12.8. The van der Waals surface area contributed by atoms with E-state index in [1.807, 2.05) is 18.2 Å². The normalized spacial score (nSPS) is 23.8. The SMILES string of the molecule is Cl.O=C(Nc1ccccc1C(=O)N1CCOCC1)C1CC12CCNCC2. The minimum absolute atomic E-state index is 0.